The fraction of sp³-hybridized carbons (Fsp3) is 0.286. The maximum atomic E-state index is 6.22. The maximum absolute atomic E-state index is 6.22. The first kappa shape index (κ1) is 16.1. The highest BCUT2D eigenvalue weighted by Gasteiger charge is 2.39. The number of pyridine rings is 1. The molecule has 1 aliphatic rings. The van der Waals surface area contributed by atoms with Crippen LogP contribution in [0.15, 0.2) is 47.3 Å². The molecule has 0 amide bonds. The van der Waals surface area contributed by atoms with Gasteiger partial charge < -0.3 is 9.32 Å². The van der Waals surface area contributed by atoms with Crippen molar-refractivity contribution in [3.63, 3.8) is 0 Å². The van der Waals surface area contributed by atoms with Crippen LogP contribution in [0, 0.1) is 6.92 Å². The number of furan rings is 1. The highest BCUT2D eigenvalue weighted by molar-refractivity contribution is 6.09. The van der Waals surface area contributed by atoms with Crippen molar-refractivity contribution < 1.29 is 4.42 Å². The average Bonchev–Trinajstić information content (AvgIpc) is 3.17. The monoisotopic (exact) mass is 359 g/mol. The molecule has 0 radical (unpaired) electrons. The minimum atomic E-state index is 0.0767. The molecule has 5 rings (SSSR count). The van der Waals surface area contributed by atoms with E-state index in [2.05, 4.69) is 70.6 Å². The van der Waals surface area contributed by atoms with Gasteiger partial charge in [-0.25, -0.2) is 15.0 Å². The van der Waals surface area contributed by atoms with Crippen LogP contribution in [0.2, 0.25) is 0 Å². The van der Waals surface area contributed by atoms with Crippen LogP contribution in [-0.4, -0.2) is 27.2 Å². The van der Waals surface area contributed by atoms with Crippen LogP contribution in [0.1, 0.15) is 26.3 Å². The Morgan fingerprint density at radius 3 is 2.52 bits per heavy atom. The number of hydrogen-bond donors (Lipinski definition) is 0. The van der Waals surface area contributed by atoms with E-state index in [1.807, 2.05) is 6.07 Å². The third-order valence-electron chi connectivity index (χ3n) is 5.30. The lowest BCUT2D eigenvalue weighted by Gasteiger charge is -2.32. The fourth-order valence-electron chi connectivity index (χ4n) is 4.18. The number of anilines is 3. The minimum Gasteiger partial charge on any atom is -0.435 e. The van der Waals surface area contributed by atoms with Gasteiger partial charge in [-0.2, -0.15) is 0 Å². The molecular formula is C21H21N5O. The Kier molecular flexibility index (Phi) is 3.37. The fourth-order valence-corrected chi connectivity index (χ4v) is 4.18. The Bertz CT molecular complexity index is 1170. The van der Waals surface area contributed by atoms with Gasteiger partial charge in [0.2, 0.25) is 5.71 Å². The molecule has 1 aromatic carbocycles. The van der Waals surface area contributed by atoms with Crippen molar-refractivity contribution in [1.82, 2.24) is 15.0 Å². The lowest BCUT2D eigenvalue weighted by Crippen LogP contribution is -2.42. The van der Waals surface area contributed by atoms with Gasteiger partial charge in [-0.15, -0.1) is 0 Å². The van der Waals surface area contributed by atoms with E-state index in [1.54, 1.807) is 18.6 Å². The van der Waals surface area contributed by atoms with Gasteiger partial charge in [0.1, 0.15) is 6.17 Å². The van der Waals surface area contributed by atoms with E-state index >= 15 is 0 Å². The van der Waals surface area contributed by atoms with Gasteiger partial charge in [0.05, 0.1) is 5.69 Å². The summed E-state index contributed by atoms with van der Waals surface area (Å²) in [7, 11) is 0. The van der Waals surface area contributed by atoms with E-state index in [1.165, 1.54) is 0 Å². The Labute approximate surface area is 157 Å². The Morgan fingerprint density at radius 1 is 0.963 bits per heavy atom. The van der Waals surface area contributed by atoms with E-state index in [0.717, 1.165) is 39.2 Å². The summed E-state index contributed by atoms with van der Waals surface area (Å²) in [6.45, 7) is 8.65. The van der Waals surface area contributed by atoms with Crippen LogP contribution < -0.4 is 9.80 Å². The van der Waals surface area contributed by atoms with Gasteiger partial charge in [-0.3, -0.25) is 4.90 Å². The van der Waals surface area contributed by atoms with Crippen molar-refractivity contribution in [1.29, 1.82) is 0 Å². The molecule has 4 aromatic rings. The maximum Gasteiger partial charge on any atom is 0.227 e. The summed E-state index contributed by atoms with van der Waals surface area (Å²) in [4.78, 5) is 18.2. The predicted molar refractivity (Wildman–Crippen MR) is 108 cm³/mol. The molecule has 0 bridgehead atoms. The minimum absolute atomic E-state index is 0.0767. The van der Waals surface area contributed by atoms with Crippen molar-refractivity contribution in [2.75, 3.05) is 9.80 Å². The quantitative estimate of drug-likeness (QED) is 0.513. The molecule has 6 nitrogen and oxygen atoms in total. The molecule has 0 fully saturated rings. The van der Waals surface area contributed by atoms with E-state index in [-0.39, 0.29) is 6.17 Å². The molecular weight excluding hydrogens is 338 g/mol. The van der Waals surface area contributed by atoms with Crippen molar-refractivity contribution in [3.8, 4) is 0 Å². The van der Waals surface area contributed by atoms with Gasteiger partial charge in [-0.05, 0) is 45.4 Å². The summed E-state index contributed by atoms with van der Waals surface area (Å²) in [5.74, 6) is 1.77. The third-order valence-corrected chi connectivity index (χ3v) is 5.30. The molecule has 0 spiro atoms. The Hall–Kier alpha value is -3.15. The standard InChI is InChI=1S/C21H21N5O/c1-12(2)25-14(4)26(20-19(25)22-10-11-23-20)17-13(3)7-8-15-16-6-5-9-24-21(16)27-18(15)17/h5-12,14H,1-4H3/t14-/m0/s1. The zero-order chi connectivity index (χ0) is 18.7. The SMILES string of the molecule is Cc1ccc2c(oc3ncccc32)c1N1c2nccnc2N(C(C)C)[C@@H]1C. The lowest BCUT2D eigenvalue weighted by atomic mass is 10.1. The molecule has 4 heterocycles. The molecule has 0 aliphatic carbocycles. The molecule has 136 valence electrons. The largest absolute Gasteiger partial charge is 0.435 e. The second-order valence-electron chi connectivity index (χ2n) is 7.27. The number of benzene rings is 1. The molecule has 0 saturated carbocycles. The molecule has 0 N–H and O–H groups in total. The van der Waals surface area contributed by atoms with Crippen molar-refractivity contribution in [3.05, 3.63) is 48.4 Å². The van der Waals surface area contributed by atoms with Crippen molar-refractivity contribution in [2.24, 2.45) is 0 Å². The van der Waals surface area contributed by atoms with Crippen LogP contribution in [0.4, 0.5) is 17.3 Å². The zero-order valence-corrected chi connectivity index (χ0v) is 15.8. The Morgan fingerprint density at radius 2 is 1.74 bits per heavy atom. The first-order valence-electron chi connectivity index (χ1n) is 9.23. The molecule has 1 aliphatic heterocycles. The van der Waals surface area contributed by atoms with Gasteiger partial charge >= 0.3 is 0 Å². The van der Waals surface area contributed by atoms with Gasteiger partial charge in [0.25, 0.3) is 0 Å². The molecule has 1 atom stereocenters. The average molecular weight is 359 g/mol. The van der Waals surface area contributed by atoms with Gasteiger partial charge in [0.15, 0.2) is 17.2 Å². The second kappa shape index (κ2) is 5.67. The number of rotatable bonds is 2. The van der Waals surface area contributed by atoms with Crippen molar-refractivity contribution in [2.45, 2.75) is 39.9 Å². The number of aryl methyl sites for hydroxylation is 1. The summed E-state index contributed by atoms with van der Waals surface area (Å²) >= 11 is 0. The first-order valence-corrected chi connectivity index (χ1v) is 9.23. The van der Waals surface area contributed by atoms with E-state index in [4.69, 9.17) is 4.42 Å². The third kappa shape index (κ3) is 2.16. The molecule has 6 heteroatoms. The summed E-state index contributed by atoms with van der Waals surface area (Å²) in [5, 5.41) is 2.10. The summed E-state index contributed by atoms with van der Waals surface area (Å²) in [5.41, 5.74) is 3.67. The van der Waals surface area contributed by atoms with E-state index in [9.17, 15) is 0 Å². The van der Waals surface area contributed by atoms with Crippen molar-refractivity contribution >= 4 is 39.4 Å². The number of hydrogen-bond acceptors (Lipinski definition) is 6. The molecule has 0 unspecified atom stereocenters. The zero-order valence-electron chi connectivity index (χ0n) is 15.8. The smallest absolute Gasteiger partial charge is 0.227 e. The summed E-state index contributed by atoms with van der Waals surface area (Å²) in [6.07, 6.45) is 5.34. The Balaban J connectivity index is 1.82. The second-order valence-corrected chi connectivity index (χ2v) is 7.27. The van der Waals surface area contributed by atoms with Gasteiger partial charge in [-0.1, -0.05) is 12.1 Å². The number of nitrogens with zero attached hydrogens (tertiary/aromatic N) is 5. The highest BCUT2D eigenvalue weighted by Crippen LogP contribution is 2.46. The normalized spacial score (nSPS) is 16.7. The number of fused-ring (bicyclic) bond motifs is 4. The topological polar surface area (TPSA) is 58.3 Å². The van der Waals surface area contributed by atoms with E-state index in [0.29, 0.717) is 11.8 Å². The van der Waals surface area contributed by atoms with Crippen LogP contribution in [0.25, 0.3) is 22.1 Å². The summed E-state index contributed by atoms with van der Waals surface area (Å²) < 4.78 is 6.22. The molecule has 0 saturated heterocycles. The van der Waals surface area contributed by atoms with Crippen LogP contribution in [0.3, 0.4) is 0 Å². The van der Waals surface area contributed by atoms with Crippen LogP contribution in [-0.2, 0) is 0 Å². The van der Waals surface area contributed by atoms with E-state index < -0.39 is 0 Å². The number of aromatic nitrogens is 3. The van der Waals surface area contributed by atoms with Crippen LogP contribution in [0.5, 0.6) is 0 Å². The lowest BCUT2D eigenvalue weighted by molar-refractivity contribution is 0.597. The van der Waals surface area contributed by atoms with Gasteiger partial charge in [0, 0.05) is 35.4 Å². The summed E-state index contributed by atoms with van der Waals surface area (Å²) in [6, 6.07) is 8.55. The van der Waals surface area contributed by atoms with Crippen LogP contribution >= 0.6 is 0 Å². The highest BCUT2D eigenvalue weighted by atomic mass is 16.3. The first-order chi connectivity index (χ1) is 13.1. The molecule has 3 aromatic heterocycles. The predicted octanol–water partition coefficient (Wildman–Crippen LogP) is 4.79. The molecule has 27 heavy (non-hydrogen) atoms.